The second kappa shape index (κ2) is 9.02. The molecule has 150 valence electrons. The Morgan fingerprint density at radius 1 is 1.15 bits per heavy atom. The molecule has 2 aliphatic rings. The average Bonchev–Trinajstić information content (AvgIpc) is 3.34. The summed E-state index contributed by atoms with van der Waals surface area (Å²) < 4.78 is 18.9. The molecule has 1 saturated heterocycles. The summed E-state index contributed by atoms with van der Waals surface area (Å²) in [5, 5.41) is 16.3. The molecule has 0 radical (unpaired) electrons. The molecular weight excluding hydrogens is 345 g/mol. The van der Waals surface area contributed by atoms with E-state index >= 15 is 0 Å². The first-order valence-corrected chi connectivity index (χ1v) is 10.0. The number of aliphatic hydroxyl groups excluding tert-OH is 1. The zero-order valence-electron chi connectivity index (χ0n) is 16.3. The summed E-state index contributed by atoms with van der Waals surface area (Å²) in [6.45, 7) is 3.11. The number of benzene rings is 1. The number of hydrogen-bond donors (Lipinski definition) is 3. The molecule has 1 aliphatic heterocycles. The molecule has 1 aromatic carbocycles. The predicted octanol–water partition coefficient (Wildman–Crippen LogP) is 2.59. The van der Waals surface area contributed by atoms with E-state index in [1.807, 2.05) is 12.1 Å². The van der Waals surface area contributed by atoms with Crippen LogP contribution in [-0.2, 0) is 10.2 Å². The Morgan fingerprint density at radius 2 is 1.85 bits per heavy atom. The van der Waals surface area contributed by atoms with Crippen molar-refractivity contribution in [2.24, 2.45) is 10.4 Å². The quantitative estimate of drug-likeness (QED) is 0.505. The van der Waals surface area contributed by atoms with Gasteiger partial charge in [0.05, 0.1) is 6.61 Å². The SMILES string of the molecule is CN=C(NCC1(CCO)CCOC1)NCC1(c2ccc(F)cc2)CCCC1. The summed E-state index contributed by atoms with van der Waals surface area (Å²) in [6.07, 6.45) is 6.29. The van der Waals surface area contributed by atoms with Gasteiger partial charge in [0, 0.05) is 44.2 Å². The molecule has 1 aromatic rings. The Kier molecular flexibility index (Phi) is 6.71. The summed E-state index contributed by atoms with van der Waals surface area (Å²) in [5.41, 5.74) is 1.21. The molecule has 5 nitrogen and oxygen atoms in total. The van der Waals surface area contributed by atoms with E-state index in [-0.39, 0.29) is 23.3 Å². The van der Waals surface area contributed by atoms with E-state index in [0.29, 0.717) is 6.61 Å². The fourth-order valence-corrected chi connectivity index (χ4v) is 4.48. The molecular formula is C21H32FN3O2. The van der Waals surface area contributed by atoms with Crippen molar-refractivity contribution < 1.29 is 14.2 Å². The number of guanidine groups is 1. The van der Waals surface area contributed by atoms with Gasteiger partial charge in [0.2, 0.25) is 0 Å². The van der Waals surface area contributed by atoms with Gasteiger partial charge >= 0.3 is 0 Å². The third-order valence-corrected chi connectivity index (χ3v) is 6.29. The number of rotatable bonds is 7. The van der Waals surface area contributed by atoms with E-state index in [9.17, 15) is 9.50 Å². The highest BCUT2D eigenvalue weighted by Crippen LogP contribution is 2.40. The van der Waals surface area contributed by atoms with Gasteiger partial charge in [-0.25, -0.2) is 4.39 Å². The van der Waals surface area contributed by atoms with Gasteiger partial charge in [-0.15, -0.1) is 0 Å². The van der Waals surface area contributed by atoms with Crippen LogP contribution < -0.4 is 10.6 Å². The number of nitrogens with zero attached hydrogens (tertiary/aromatic N) is 1. The fraction of sp³-hybridized carbons (Fsp3) is 0.667. The first-order valence-electron chi connectivity index (χ1n) is 10.0. The van der Waals surface area contributed by atoms with Gasteiger partial charge in [-0.05, 0) is 43.4 Å². The van der Waals surface area contributed by atoms with Crippen LogP contribution in [0.15, 0.2) is 29.3 Å². The van der Waals surface area contributed by atoms with Gasteiger partial charge < -0.3 is 20.5 Å². The van der Waals surface area contributed by atoms with E-state index in [4.69, 9.17) is 4.74 Å². The van der Waals surface area contributed by atoms with Crippen molar-refractivity contribution in [3.63, 3.8) is 0 Å². The van der Waals surface area contributed by atoms with Crippen LogP contribution in [-0.4, -0.2) is 51.0 Å². The lowest BCUT2D eigenvalue weighted by atomic mass is 9.79. The molecule has 0 bridgehead atoms. The van der Waals surface area contributed by atoms with Crippen molar-refractivity contribution in [3.8, 4) is 0 Å². The van der Waals surface area contributed by atoms with Crippen molar-refractivity contribution in [2.75, 3.05) is 40.0 Å². The zero-order valence-corrected chi connectivity index (χ0v) is 16.3. The Balaban J connectivity index is 1.61. The molecule has 2 fully saturated rings. The summed E-state index contributed by atoms with van der Waals surface area (Å²) in [4.78, 5) is 4.37. The Labute approximate surface area is 161 Å². The number of ether oxygens (including phenoxy) is 1. The molecule has 3 rings (SSSR count). The minimum Gasteiger partial charge on any atom is -0.396 e. The first-order chi connectivity index (χ1) is 13.1. The Bertz CT molecular complexity index is 621. The normalized spacial score (nSPS) is 24.9. The maximum Gasteiger partial charge on any atom is 0.191 e. The highest BCUT2D eigenvalue weighted by atomic mass is 19.1. The lowest BCUT2D eigenvalue weighted by Gasteiger charge is -2.32. The van der Waals surface area contributed by atoms with E-state index in [1.165, 1.54) is 18.4 Å². The van der Waals surface area contributed by atoms with E-state index in [1.54, 1.807) is 19.2 Å². The second-order valence-corrected chi connectivity index (χ2v) is 8.05. The maximum atomic E-state index is 13.3. The van der Waals surface area contributed by atoms with Crippen LogP contribution in [0.1, 0.15) is 44.1 Å². The van der Waals surface area contributed by atoms with Gasteiger partial charge in [0.25, 0.3) is 0 Å². The monoisotopic (exact) mass is 377 g/mol. The third kappa shape index (κ3) is 4.79. The molecule has 1 atom stereocenters. The van der Waals surface area contributed by atoms with Crippen molar-refractivity contribution in [2.45, 2.75) is 43.9 Å². The molecule has 0 amide bonds. The van der Waals surface area contributed by atoms with Crippen LogP contribution in [0, 0.1) is 11.2 Å². The largest absolute Gasteiger partial charge is 0.396 e. The minimum atomic E-state index is -0.190. The van der Waals surface area contributed by atoms with Crippen LogP contribution in [0.4, 0.5) is 4.39 Å². The van der Waals surface area contributed by atoms with Gasteiger partial charge in [-0.3, -0.25) is 4.99 Å². The number of aliphatic hydroxyl groups is 1. The summed E-state index contributed by atoms with van der Waals surface area (Å²) in [6, 6.07) is 6.96. The Morgan fingerprint density at radius 3 is 2.44 bits per heavy atom. The van der Waals surface area contributed by atoms with Gasteiger partial charge in [-0.2, -0.15) is 0 Å². The molecule has 0 aromatic heterocycles. The molecule has 27 heavy (non-hydrogen) atoms. The molecule has 1 unspecified atom stereocenters. The Hall–Kier alpha value is -1.66. The van der Waals surface area contributed by atoms with Gasteiger partial charge in [0.1, 0.15) is 5.82 Å². The topological polar surface area (TPSA) is 65.9 Å². The van der Waals surface area contributed by atoms with Crippen LogP contribution in [0.2, 0.25) is 0 Å². The van der Waals surface area contributed by atoms with Gasteiger partial charge in [0.15, 0.2) is 5.96 Å². The minimum absolute atomic E-state index is 0.0195. The molecule has 3 N–H and O–H groups in total. The third-order valence-electron chi connectivity index (χ3n) is 6.29. The number of halogens is 1. The molecule has 0 spiro atoms. The number of aliphatic imine (C=N–C) groups is 1. The van der Waals surface area contributed by atoms with Crippen molar-refractivity contribution in [1.82, 2.24) is 10.6 Å². The lowest BCUT2D eigenvalue weighted by molar-refractivity contribution is 0.127. The summed E-state index contributed by atoms with van der Waals surface area (Å²) in [7, 11) is 1.78. The highest BCUT2D eigenvalue weighted by Gasteiger charge is 2.37. The lowest BCUT2D eigenvalue weighted by Crippen LogP contribution is -2.48. The molecule has 1 saturated carbocycles. The highest BCUT2D eigenvalue weighted by molar-refractivity contribution is 5.79. The first kappa shape index (κ1) is 20.1. The smallest absolute Gasteiger partial charge is 0.191 e. The second-order valence-electron chi connectivity index (χ2n) is 8.05. The zero-order chi connectivity index (χ0) is 19.2. The van der Waals surface area contributed by atoms with Crippen molar-refractivity contribution in [3.05, 3.63) is 35.6 Å². The summed E-state index contributed by atoms with van der Waals surface area (Å²) >= 11 is 0. The number of nitrogens with one attached hydrogen (secondary N) is 2. The molecule has 1 heterocycles. The van der Waals surface area contributed by atoms with Crippen molar-refractivity contribution >= 4 is 5.96 Å². The van der Waals surface area contributed by atoms with Crippen LogP contribution in [0.25, 0.3) is 0 Å². The predicted molar refractivity (Wildman–Crippen MR) is 105 cm³/mol. The maximum absolute atomic E-state index is 13.3. The molecule has 6 heteroatoms. The summed E-state index contributed by atoms with van der Waals surface area (Å²) in [5.74, 6) is 0.581. The fourth-order valence-electron chi connectivity index (χ4n) is 4.48. The van der Waals surface area contributed by atoms with Gasteiger partial charge in [-0.1, -0.05) is 25.0 Å². The van der Waals surface area contributed by atoms with E-state index in [2.05, 4.69) is 15.6 Å². The number of hydrogen-bond acceptors (Lipinski definition) is 3. The van der Waals surface area contributed by atoms with Crippen LogP contribution in [0.3, 0.4) is 0 Å². The van der Waals surface area contributed by atoms with Crippen LogP contribution in [0.5, 0.6) is 0 Å². The molecule has 1 aliphatic carbocycles. The average molecular weight is 378 g/mol. The van der Waals surface area contributed by atoms with Crippen LogP contribution >= 0.6 is 0 Å². The van der Waals surface area contributed by atoms with E-state index in [0.717, 1.165) is 51.3 Å². The van der Waals surface area contributed by atoms with Crippen molar-refractivity contribution in [1.29, 1.82) is 0 Å². The standard InChI is InChI=1S/C21H32FN3O2/c1-23-19(24-14-20(10-12-26)11-13-27-16-20)25-15-21(8-2-3-9-21)17-4-6-18(22)7-5-17/h4-7,26H,2-3,8-16H2,1H3,(H2,23,24,25). The van der Waals surface area contributed by atoms with E-state index < -0.39 is 0 Å².